The third kappa shape index (κ3) is 2.27. The van der Waals surface area contributed by atoms with Crippen molar-refractivity contribution >= 4 is 22.7 Å². The Morgan fingerprint density at radius 3 is 3.00 bits per heavy atom. The first kappa shape index (κ1) is 9.98. The molecule has 0 aliphatic rings. The fourth-order valence-corrected chi connectivity index (χ4v) is 2.18. The van der Waals surface area contributed by atoms with Crippen molar-refractivity contribution in [3.05, 3.63) is 40.3 Å². The number of aryl methyl sites for hydroxylation is 1. The Balaban J connectivity index is 2.06. The van der Waals surface area contributed by atoms with Crippen molar-refractivity contribution in [1.29, 1.82) is 0 Å². The molecule has 0 amide bonds. The second-order valence-corrected chi connectivity index (χ2v) is 4.14. The van der Waals surface area contributed by atoms with Crippen LogP contribution < -0.4 is 11.1 Å². The number of thiophene rings is 1. The van der Waals surface area contributed by atoms with E-state index in [9.17, 15) is 0 Å². The van der Waals surface area contributed by atoms with Gasteiger partial charge in [0.15, 0.2) is 0 Å². The number of rotatable bonds is 3. The summed E-state index contributed by atoms with van der Waals surface area (Å²) in [5.41, 5.74) is 10.0. The predicted octanol–water partition coefficient (Wildman–Crippen LogP) is 2.65. The largest absolute Gasteiger partial charge is 0.396 e. The predicted molar refractivity (Wildman–Crippen MR) is 65.0 cm³/mol. The maximum absolute atomic E-state index is 5.78. The van der Waals surface area contributed by atoms with Crippen LogP contribution in [-0.4, -0.2) is 4.98 Å². The Kier molecular flexibility index (Phi) is 2.87. The van der Waals surface area contributed by atoms with E-state index in [0.29, 0.717) is 5.69 Å². The van der Waals surface area contributed by atoms with E-state index in [0.717, 1.165) is 12.2 Å². The molecule has 15 heavy (non-hydrogen) atoms. The van der Waals surface area contributed by atoms with Gasteiger partial charge in [0.2, 0.25) is 0 Å². The van der Waals surface area contributed by atoms with Crippen LogP contribution in [0.3, 0.4) is 0 Å². The standard InChI is InChI=1S/C11H13N3S/c1-8-6-15-7-9(8)4-14-11-2-3-13-5-10(11)12/h2-3,5-7H,4,12H2,1H3,(H,13,14). The number of nitrogens with two attached hydrogens (primary N) is 1. The van der Waals surface area contributed by atoms with Gasteiger partial charge in [-0.1, -0.05) is 0 Å². The lowest BCUT2D eigenvalue weighted by atomic mass is 10.2. The van der Waals surface area contributed by atoms with E-state index in [2.05, 4.69) is 28.0 Å². The maximum atomic E-state index is 5.78. The zero-order chi connectivity index (χ0) is 10.7. The molecule has 0 aliphatic carbocycles. The molecule has 0 saturated heterocycles. The number of hydrogen-bond acceptors (Lipinski definition) is 4. The molecule has 2 aromatic heterocycles. The van der Waals surface area contributed by atoms with Crippen LogP contribution in [0.1, 0.15) is 11.1 Å². The number of nitrogens with one attached hydrogen (secondary N) is 1. The fraction of sp³-hybridized carbons (Fsp3) is 0.182. The molecule has 2 rings (SSSR count). The average molecular weight is 219 g/mol. The Labute approximate surface area is 93.0 Å². The van der Waals surface area contributed by atoms with E-state index in [1.54, 1.807) is 23.7 Å². The molecule has 0 aliphatic heterocycles. The number of pyridine rings is 1. The second-order valence-electron chi connectivity index (χ2n) is 3.40. The molecule has 0 atom stereocenters. The minimum atomic E-state index is 0.686. The van der Waals surface area contributed by atoms with Crippen LogP contribution >= 0.6 is 11.3 Å². The number of aromatic nitrogens is 1. The summed E-state index contributed by atoms with van der Waals surface area (Å²) in [6, 6.07) is 1.89. The van der Waals surface area contributed by atoms with Crippen molar-refractivity contribution in [2.24, 2.45) is 0 Å². The summed E-state index contributed by atoms with van der Waals surface area (Å²) in [4.78, 5) is 3.94. The SMILES string of the molecule is Cc1cscc1CNc1ccncc1N. The van der Waals surface area contributed by atoms with Crippen LogP contribution in [0.2, 0.25) is 0 Å². The number of hydrogen-bond donors (Lipinski definition) is 2. The molecule has 0 radical (unpaired) electrons. The molecule has 0 aromatic carbocycles. The Bertz CT molecular complexity index is 451. The van der Waals surface area contributed by atoms with Crippen LogP contribution in [0.5, 0.6) is 0 Å². The third-order valence-corrected chi connectivity index (χ3v) is 3.19. The van der Waals surface area contributed by atoms with Gasteiger partial charge in [0, 0.05) is 12.7 Å². The van der Waals surface area contributed by atoms with E-state index in [1.165, 1.54) is 11.1 Å². The van der Waals surface area contributed by atoms with E-state index in [-0.39, 0.29) is 0 Å². The van der Waals surface area contributed by atoms with Gasteiger partial charge in [-0.15, -0.1) is 0 Å². The highest BCUT2D eigenvalue weighted by atomic mass is 32.1. The van der Waals surface area contributed by atoms with E-state index >= 15 is 0 Å². The number of nitrogens with zero attached hydrogens (tertiary/aromatic N) is 1. The lowest BCUT2D eigenvalue weighted by molar-refractivity contribution is 1.13. The maximum Gasteiger partial charge on any atom is 0.0736 e. The molecule has 3 N–H and O–H groups in total. The molecule has 0 bridgehead atoms. The summed E-state index contributed by atoms with van der Waals surface area (Å²) in [5, 5.41) is 7.60. The monoisotopic (exact) mass is 219 g/mol. The number of anilines is 2. The topological polar surface area (TPSA) is 50.9 Å². The molecular weight excluding hydrogens is 206 g/mol. The summed E-state index contributed by atoms with van der Waals surface area (Å²) in [6.07, 6.45) is 3.39. The first-order chi connectivity index (χ1) is 7.27. The van der Waals surface area contributed by atoms with Crippen molar-refractivity contribution in [2.75, 3.05) is 11.1 Å². The third-order valence-electron chi connectivity index (χ3n) is 2.28. The highest BCUT2D eigenvalue weighted by molar-refractivity contribution is 7.08. The molecule has 0 spiro atoms. The van der Waals surface area contributed by atoms with E-state index in [4.69, 9.17) is 5.73 Å². The summed E-state index contributed by atoms with van der Waals surface area (Å²) in [7, 11) is 0. The van der Waals surface area contributed by atoms with Crippen LogP contribution in [0.4, 0.5) is 11.4 Å². The normalized spacial score (nSPS) is 10.2. The zero-order valence-electron chi connectivity index (χ0n) is 8.53. The highest BCUT2D eigenvalue weighted by Crippen LogP contribution is 2.19. The van der Waals surface area contributed by atoms with Gasteiger partial charge in [0.1, 0.15) is 0 Å². The summed E-state index contributed by atoms with van der Waals surface area (Å²) < 4.78 is 0. The number of nitrogen functional groups attached to an aromatic ring is 1. The molecule has 2 aromatic rings. The van der Waals surface area contributed by atoms with Gasteiger partial charge >= 0.3 is 0 Å². The van der Waals surface area contributed by atoms with Gasteiger partial charge in [-0.2, -0.15) is 11.3 Å². The van der Waals surface area contributed by atoms with Crippen molar-refractivity contribution in [2.45, 2.75) is 13.5 Å². The first-order valence-corrected chi connectivity index (χ1v) is 5.66. The van der Waals surface area contributed by atoms with Crippen LogP contribution in [0.25, 0.3) is 0 Å². The zero-order valence-corrected chi connectivity index (χ0v) is 9.34. The highest BCUT2D eigenvalue weighted by Gasteiger charge is 2.00. The smallest absolute Gasteiger partial charge is 0.0736 e. The van der Waals surface area contributed by atoms with Crippen LogP contribution in [0.15, 0.2) is 29.2 Å². The van der Waals surface area contributed by atoms with Crippen molar-refractivity contribution < 1.29 is 0 Å². The second kappa shape index (κ2) is 4.31. The van der Waals surface area contributed by atoms with Crippen LogP contribution in [0, 0.1) is 6.92 Å². The molecule has 0 unspecified atom stereocenters. The fourth-order valence-electron chi connectivity index (χ4n) is 1.33. The molecule has 4 heteroatoms. The molecule has 0 saturated carbocycles. The molecule has 0 fully saturated rings. The van der Waals surface area contributed by atoms with E-state index < -0.39 is 0 Å². The van der Waals surface area contributed by atoms with Gasteiger partial charge in [-0.05, 0) is 34.9 Å². The lowest BCUT2D eigenvalue weighted by Gasteiger charge is -2.07. The molecular formula is C11H13N3S. The van der Waals surface area contributed by atoms with Gasteiger partial charge in [-0.25, -0.2) is 0 Å². The van der Waals surface area contributed by atoms with Gasteiger partial charge in [0.25, 0.3) is 0 Å². The Hall–Kier alpha value is -1.55. The summed E-state index contributed by atoms with van der Waals surface area (Å²) in [5.74, 6) is 0. The van der Waals surface area contributed by atoms with Gasteiger partial charge < -0.3 is 11.1 Å². The van der Waals surface area contributed by atoms with Crippen molar-refractivity contribution in [3.63, 3.8) is 0 Å². The first-order valence-electron chi connectivity index (χ1n) is 4.72. The van der Waals surface area contributed by atoms with Crippen molar-refractivity contribution in [3.8, 4) is 0 Å². The molecule has 78 valence electrons. The Morgan fingerprint density at radius 2 is 2.33 bits per heavy atom. The lowest BCUT2D eigenvalue weighted by Crippen LogP contribution is -2.02. The summed E-state index contributed by atoms with van der Waals surface area (Å²) >= 11 is 1.72. The van der Waals surface area contributed by atoms with Gasteiger partial charge in [-0.3, -0.25) is 4.98 Å². The van der Waals surface area contributed by atoms with Crippen molar-refractivity contribution in [1.82, 2.24) is 4.98 Å². The molecule has 3 nitrogen and oxygen atoms in total. The molecule has 2 heterocycles. The van der Waals surface area contributed by atoms with Crippen LogP contribution in [-0.2, 0) is 6.54 Å². The van der Waals surface area contributed by atoms with E-state index in [1.807, 2.05) is 6.07 Å². The van der Waals surface area contributed by atoms with Gasteiger partial charge in [0.05, 0.1) is 17.6 Å². The summed E-state index contributed by atoms with van der Waals surface area (Å²) in [6.45, 7) is 2.92. The average Bonchev–Trinajstić information content (AvgIpc) is 2.63. The minimum Gasteiger partial charge on any atom is -0.396 e. The minimum absolute atomic E-state index is 0.686. The quantitative estimate of drug-likeness (QED) is 0.834. The Morgan fingerprint density at radius 1 is 1.47 bits per heavy atom.